The van der Waals surface area contributed by atoms with Gasteiger partial charge in [0.1, 0.15) is 18.1 Å². The number of rotatable bonds is 15. The average molecular weight is 500 g/mol. The predicted octanol–water partition coefficient (Wildman–Crippen LogP) is -2.15. The van der Waals surface area contributed by atoms with Crippen molar-refractivity contribution in [1.29, 1.82) is 0 Å². The van der Waals surface area contributed by atoms with Crippen molar-refractivity contribution >= 4 is 35.6 Å². The third-order valence-electron chi connectivity index (χ3n) is 5.46. The van der Waals surface area contributed by atoms with Crippen LogP contribution in [0.4, 0.5) is 0 Å². The number of carboxylic acid groups (broad SMARTS) is 2. The molecule has 35 heavy (non-hydrogen) atoms. The monoisotopic (exact) mass is 499 g/mol. The van der Waals surface area contributed by atoms with Crippen LogP contribution in [-0.2, 0) is 24.0 Å². The molecule has 198 valence electrons. The van der Waals surface area contributed by atoms with Gasteiger partial charge in [-0.1, -0.05) is 13.8 Å². The Morgan fingerprint density at radius 2 is 1.69 bits per heavy atom. The second-order valence-corrected chi connectivity index (χ2v) is 8.72. The molecule has 0 bridgehead atoms. The maximum absolute atomic E-state index is 13.1. The topological polar surface area (TPSA) is 238 Å². The molecule has 0 aliphatic carbocycles. The highest BCUT2D eigenvalue weighted by Crippen LogP contribution is 2.09. The predicted molar refractivity (Wildman–Crippen MR) is 126 cm³/mol. The first-order valence-electron chi connectivity index (χ1n) is 11.6. The van der Waals surface area contributed by atoms with Crippen LogP contribution in [0.2, 0.25) is 0 Å². The van der Waals surface area contributed by atoms with Crippen LogP contribution in [0.25, 0.3) is 0 Å². The summed E-state index contributed by atoms with van der Waals surface area (Å²) in [5.74, 6) is -4.84. The van der Waals surface area contributed by atoms with Gasteiger partial charge in [0.15, 0.2) is 5.96 Å². The van der Waals surface area contributed by atoms with Gasteiger partial charge in [-0.3, -0.25) is 24.2 Å². The molecule has 10 N–H and O–H groups in total. The molecule has 0 saturated carbocycles. The summed E-state index contributed by atoms with van der Waals surface area (Å²) in [6, 6.07) is -3.94. The number of amides is 3. The third kappa shape index (κ3) is 11.0. The van der Waals surface area contributed by atoms with Crippen LogP contribution in [-0.4, -0.2) is 83.1 Å². The Hall–Kier alpha value is -3.42. The van der Waals surface area contributed by atoms with E-state index in [1.165, 1.54) is 0 Å². The summed E-state index contributed by atoms with van der Waals surface area (Å²) in [5, 5.41) is 28.8. The van der Waals surface area contributed by atoms with Crippen molar-refractivity contribution in [2.24, 2.45) is 22.4 Å². The van der Waals surface area contributed by atoms with E-state index in [4.69, 9.17) is 16.6 Å². The largest absolute Gasteiger partial charge is 0.481 e. The first-order chi connectivity index (χ1) is 16.4. The SMILES string of the molecule is CC(C)C(NC(=O)C(CCCN=C(N)N)NC(=O)C1CCCN1)C(=O)NC(CCC(=O)O)C(=O)O. The van der Waals surface area contributed by atoms with Gasteiger partial charge in [0, 0.05) is 13.0 Å². The van der Waals surface area contributed by atoms with Crippen LogP contribution in [0.15, 0.2) is 4.99 Å². The molecule has 4 unspecified atom stereocenters. The van der Waals surface area contributed by atoms with Gasteiger partial charge in [0.2, 0.25) is 17.7 Å². The molecule has 1 heterocycles. The lowest BCUT2D eigenvalue weighted by atomic mass is 10.0. The number of carboxylic acids is 2. The van der Waals surface area contributed by atoms with Gasteiger partial charge in [0.05, 0.1) is 6.04 Å². The summed E-state index contributed by atoms with van der Waals surface area (Å²) in [4.78, 5) is 64.5. The lowest BCUT2D eigenvalue weighted by molar-refractivity contribution is -0.143. The van der Waals surface area contributed by atoms with E-state index in [1.807, 2.05) is 0 Å². The van der Waals surface area contributed by atoms with Crippen LogP contribution in [0.5, 0.6) is 0 Å². The molecular formula is C21H37N7O7. The molecule has 4 atom stereocenters. The number of carbonyl (C=O) groups excluding carboxylic acids is 3. The van der Waals surface area contributed by atoms with Gasteiger partial charge in [-0.15, -0.1) is 0 Å². The van der Waals surface area contributed by atoms with Crippen molar-refractivity contribution in [3.05, 3.63) is 0 Å². The highest BCUT2D eigenvalue weighted by Gasteiger charge is 2.32. The van der Waals surface area contributed by atoms with E-state index in [0.717, 1.165) is 6.42 Å². The zero-order valence-electron chi connectivity index (χ0n) is 20.1. The summed E-state index contributed by atoms with van der Waals surface area (Å²) >= 11 is 0. The van der Waals surface area contributed by atoms with E-state index < -0.39 is 60.3 Å². The Morgan fingerprint density at radius 3 is 2.20 bits per heavy atom. The Kier molecular flexibility index (Phi) is 12.5. The molecule has 1 rings (SSSR count). The molecule has 1 aliphatic heterocycles. The number of carbonyl (C=O) groups is 5. The molecule has 0 spiro atoms. The minimum Gasteiger partial charge on any atom is -0.481 e. The molecule has 0 aromatic heterocycles. The van der Waals surface area contributed by atoms with Crippen LogP contribution in [0.3, 0.4) is 0 Å². The minimum absolute atomic E-state index is 0.0994. The van der Waals surface area contributed by atoms with Crippen molar-refractivity contribution in [3.63, 3.8) is 0 Å². The zero-order chi connectivity index (χ0) is 26.5. The van der Waals surface area contributed by atoms with Crippen molar-refractivity contribution in [2.45, 2.75) is 76.5 Å². The molecule has 0 radical (unpaired) electrons. The Labute approximate surface area is 203 Å². The number of aliphatic imine (C=N–C) groups is 1. The van der Waals surface area contributed by atoms with Crippen molar-refractivity contribution in [1.82, 2.24) is 21.3 Å². The van der Waals surface area contributed by atoms with Gasteiger partial charge >= 0.3 is 11.9 Å². The number of aliphatic carboxylic acids is 2. The summed E-state index contributed by atoms with van der Waals surface area (Å²) in [6.45, 7) is 4.25. The highest BCUT2D eigenvalue weighted by atomic mass is 16.4. The smallest absolute Gasteiger partial charge is 0.326 e. The second-order valence-electron chi connectivity index (χ2n) is 8.72. The van der Waals surface area contributed by atoms with E-state index >= 15 is 0 Å². The van der Waals surface area contributed by atoms with E-state index in [-0.39, 0.29) is 31.3 Å². The Bertz CT molecular complexity index is 793. The number of guanidine groups is 1. The first-order valence-corrected chi connectivity index (χ1v) is 11.6. The third-order valence-corrected chi connectivity index (χ3v) is 5.46. The fraction of sp³-hybridized carbons (Fsp3) is 0.714. The number of hydrogen-bond donors (Lipinski definition) is 8. The number of hydrogen-bond acceptors (Lipinski definition) is 7. The molecule has 1 aliphatic rings. The maximum atomic E-state index is 13.1. The van der Waals surface area contributed by atoms with Crippen LogP contribution < -0.4 is 32.7 Å². The molecule has 0 aromatic carbocycles. The minimum atomic E-state index is -1.43. The van der Waals surface area contributed by atoms with Crippen LogP contribution >= 0.6 is 0 Å². The number of nitrogens with two attached hydrogens (primary N) is 2. The molecule has 14 nitrogen and oxygen atoms in total. The van der Waals surface area contributed by atoms with E-state index in [0.29, 0.717) is 19.4 Å². The summed E-state index contributed by atoms with van der Waals surface area (Å²) < 4.78 is 0. The number of nitrogens with zero attached hydrogens (tertiary/aromatic N) is 1. The molecule has 14 heteroatoms. The van der Waals surface area contributed by atoms with Crippen LogP contribution in [0.1, 0.15) is 52.4 Å². The van der Waals surface area contributed by atoms with E-state index in [1.54, 1.807) is 13.8 Å². The molecule has 0 aromatic rings. The Balaban J connectivity index is 2.91. The van der Waals surface area contributed by atoms with Gasteiger partial charge in [-0.2, -0.15) is 0 Å². The van der Waals surface area contributed by atoms with Gasteiger partial charge in [-0.25, -0.2) is 4.79 Å². The highest BCUT2D eigenvalue weighted by molar-refractivity contribution is 5.94. The van der Waals surface area contributed by atoms with E-state index in [9.17, 15) is 29.1 Å². The van der Waals surface area contributed by atoms with Gasteiger partial charge in [0.25, 0.3) is 0 Å². The number of nitrogens with one attached hydrogen (secondary N) is 4. The molecular weight excluding hydrogens is 462 g/mol. The van der Waals surface area contributed by atoms with Crippen LogP contribution in [0, 0.1) is 5.92 Å². The Morgan fingerprint density at radius 1 is 1.00 bits per heavy atom. The molecule has 3 amide bonds. The summed E-state index contributed by atoms with van der Waals surface area (Å²) in [7, 11) is 0. The lowest BCUT2D eigenvalue weighted by Gasteiger charge is -2.27. The lowest BCUT2D eigenvalue weighted by Crippen LogP contribution is -2.58. The maximum Gasteiger partial charge on any atom is 0.326 e. The standard InChI is InChI=1S/C21H37N7O7/c1-11(2)16(19(33)27-14(20(34)35)7-8-15(29)30)28-18(32)13(6-4-10-25-21(22)23)26-17(31)12-5-3-9-24-12/h11-14,16,24H,3-10H2,1-2H3,(H,26,31)(H,27,33)(H,28,32)(H,29,30)(H,34,35)(H4,22,23,25). The van der Waals surface area contributed by atoms with Crippen molar-refractivity contribution in [3.8, 4) is 0 Å². The van der Waals surface area contributed by atoms with Crippen molar-refractivity contribution < 1.29 is 34.2 Å². The fourth-order valence-electron chi connectivity index (χ4n) is 3.53. The van der Waals surface area contributed by atoms with Crippen molar-refractivity contribution in [2.75, 3.05) is 13.1 Å². The quantitative estimate of drug-likeness (QED) is 0.0690. The molecule has 1 saturated heterocycles. The van der Waals surface area contributed by atoms with Gasteiger partial charge < -0.3 is 42.9 Å². The summed E-state index contributed by atoms with van der Waals surface area (Å²) in [6.07, 6.45) is 1.29. The van der Waals surface area contributed by atoms with E-state index in [2.05, 4.69) is 26.3 Å². The zero-order valence-corrected chi connectivity index (χ0v) is 20.1. The normalized spacial score (nSPS) is 17.6. The summed E-state index contributed by atoms with van der Waals surface area (Å²) in [5.41, 5.74) is 10.6. The second kappa shape index (κ2) is 14.8. The molecule has 1 fully saturated rings. The fourth-order valence-corrected chi connectivity index (χ4v) is 3.53. The average Bonchev–Trinajstić information content (AvgIpc) is 3.30. The first kappa shape index (κ1) is 29.6. The van der Waals surface area contributed by atoms with Gasteiger partial charge in [-0.05, 0) is 44.6 Å².